The maximum atomic E-state index is 12.2. The van der Waals surface area contributed by atoms with Gasteiger partial charge < -0.3 is 19.7 Å². The molecule has 5 nitrogen and oxygen atoms in total. The van der Waals surface area contributed by atoms with Gasteiger partial charge in [0.1, 0.15) is 0 Å². The van der Waals surface area contributed by atoms with Gasteiger partial charge >= 0.3 is 6.03 Å². The summed E-state index contributed by atoms with van der Waals surface area (Å²) >= 11 is 0. The molecule has 20 heavy (non-hydrogen) atoms. The predicted molar refractivity (Wildman–Crippen MR) is 74.1 cm³/mol. The lowest BCUT2D eigenvalue weighted by atomic mass is 10.1. The van der Waals surface area contributed by atoms with E-state index in [0.717, 1.165) is 24.9 Å². The van der Waals surface area contributed by atoms with Crippen LogP contribution < -0.4 is 5.32 Å². The van der Waals surface area contributed by atoms with Crippen LogP contribution in [-0.2, 0) is 16.0 Å². The molecular weight excluding hydrogens is 256 g/mol. The van der Waals surface area contributed by atoms with E-state index in [9.17, 15) is 4.79 Å². The molecule has 1 aromatic carbocycles. The van der Waals surface area contributed by atoms with E-state index in [1.807, 2.05) is 30.3 Å². The number of benzene rings is 1. The fourth-order valence-corrected chi connectivity index (χ4v) is 2.78. The van der Waals surface area contributed by atoms with Crippen LogP contribution >= 0.6 is 0 Å². The number of hydrogen-bond acceptors (Lipinski definition) is 3. The summed E-state index contributed by atoms with van der Waals surface area (Å²) in [5.41, 5.74) is 1.10. The molecule has 0 saturated carbocycles. The largest absolute Gasteiger partial charge is 0.346 e. The maximum absolute atomic E-state index is 12.2. The monoisotopic (exact) mass is 276 g/mol. The summed E-state index contributed by atoms with van der Waals surface area (Å²) in [6.45, 7) is 3.08. The van der Waals surface area contributed by atoms with Crippen molar-refractivity contribution in [2.45, 2.75) is 25.2 Å². The molecule has 2 heterocycles. The van der Waals surface area contributed by atoms with E-state index >= 15 is 0 Å². The van der Waals surface area contributed by atoms with Crippen LogP contribution in [0.2, 0.25) is 0 Å². The fraction of sp³-hybridized carbons (Fsp3) is 0.533. The molecule has 108 valence electrons. The van der Waals surface area contributed by atoms with Crippen molar-refractivity contribution in [3.05, 3.63) is 35.9 Å². The molecule has 1 spiro atoms. The number of nitrogens with one attached hydrogen (secondary N) is 1. The zero-order chi connectivity index (χ0) is 13.8. The summed E-state index contributed by atoms with van der Waals surface area (Å²) in [6.07, 6.45) is 1.79. The lowest BCUT2D eigenvalue weighted by Crippen LogP contribution is -2.53. The van der Waals surface area contributed by atoms with E-state index in [0.29, 0.717) is 26.3 Å². The van der Waals surface area contributed by atoms with Gasteiger partial charge in [0.15, 0.2) is 5.79 Å². The van der Waals surface area contributed by atoms with Crippen molar-refractivity contribution in [2.75, 3.05) is 26.3 Å². The first kappa shape index (κ1) is 13.4. The Morgan fingerprint density at radius 3 is 2.75 bits per heavy atom. The van der Waals surface area contributed by atoms with Crippen molar-refractivity contribution in [1.82, 2.24) is 10.2 Å². The SMILES string of the molecule is O=C(NCc1ccccc1)N1CCCC2(C1)OCCO2. The normalized spacial score (nSPS) is 21.1. The van der Waals surface area contributed by atoms with Crippen LogP contribution in [0.1, 0.15) is 18.4 Å². The first-order valence-electron chi connectivity index (χ1n) is 7.12. The van der Waals surface area contributed by atoms with Crippen molar-refractivity contribution in [3.63, 3.8) is 0 Å². The van der Waals surface area contributed by atoms with Crippen LogP contribution in [0.5, 0.6) is 0 Å². The van der Waals surface area contributed by atoms with Gasteiger partial charge in [-0.15, -0.1) is 0 Å². The second-order valence-corrected chi connectivity index (χ2v) is 5.28. The number of ether oxygens (including phenoxy) is 2. The second-order valence-electron chi connectivity index (χ2n) is 5.28. The third-order valence-corrected chi connectivity index (χ3v) is 3.80. The zero-order valence-electron chi connectivity index (χ0n) is 11.5. The first-order valence-corrected chi connectivity index (χ1v) is 7.12. The molecule has 2 fully saturated rings. The number of likely N-dealkylation sites (tertiary alicyclic amines) is 1. The van der Waals surface area contributed by atoms with Gasteiger partial charge in [-0.25, -0.2) is 4.79 Å². The Kier molecular flexibility index (Phi) is 3.89. The smallest absolute Gasteiger partial charge is 0.317 e. The molecule has 0 aromatic heterocycles. The van der Waals surface area contributed by atoms with Gasteiger partial charge in [0, 0.05) is 19.5 Å². The number of carbonyl (C=O) groups excluding carboxylic acids is 1. The summed E-state index contributed by atoms with van der Waals surface area (Å²) in [7, 11) is 0. The van der Waals surface area contributed by atoms with E-state index in [-0.39, 0.29) is 6.03 Å². The molecule has 0 atom stereocenters. The third kappa shape index (κ3) is 2.94. The third-order valence-electron chi connectivity index (χ3n) is 3.80. The van der Waals surface area contributed by atoms with Crippen molar-refractivity contribution >= 4 is 6.03 Å². The lowest BCUT2D eigenvalue weighted by molar-refractivity contribution is -0.182. The molecular formula is C15H20N2O3. The molecule has 3 rings (SSSR count). The van der Waals surface area contributed by atoms with Crippen LogP contribution in [0.25, 0.3) is 0 Å². The average Bonchev–Trinajstić information content (AvgIpc) is 2.93. The minimum atomic E-state index is -0.553. The molecule has 0 aliphatic carbocycles. The number of carbonyl (C=O) groups is 1. The van der Waals surface area contributed by atoms with Crippen molar-refractivity contribution < 1.29 is 14.3 Å². The van der Waals surface area contributed by atoms with Crippen LogP contribution in [-0.4, -0.2) is 43.0 Å². The van der Waals surface area contributed by atoms with E-state index in [2.05, 4.69) is 5.32 Å². The van der Waals surface area contributed by atoms with E-state index in [1.54, 1.807) is 4.90 Å². The molecule has 2 saturated heterocycles. The number of rotatable bonds is 2. The molecule has 2 aliphatic rings. The second kappa shape index (κ2) is 5.81. The summed E-state index contributed by atoms with van der Waals surface area (Å²) < 4.78 is 11.4. The maximum Gasteiger partial charge on any atom is 0.317 e. The topological polar surface area (TPSA) is 50.8 Å². The lowest BCUT2D eigenvalue weighted by Gasteiger charge is -2.38. The molecule has 1 aromatic rings. The summed E-state index contributed by atoms with van der Waals surface area (Å²) in [4.78, 5) is 14.0. The predicted octanol–water partition coefficient (Wildman–Crippen LogP) is 1.74. The number of hydrogen-bond donors (Lipinski definition) is 1. The highest BCUT2D eigenvalue weighted by Crippen LogP contribution is 2.29. The van der Waals surface area contributed by atoms with Crippen LogP contribution in [0, 0.1) is 0 Å². The number of piperidine rings is 1. The Balaban J connectivity index is 1.54. The molecule has 1 N–H and O–H groups in total. The minimum Gasteiger partial charge on any atom is -0.346 e. The Bertz CT molecular complexity index is 457. The molecule has 2 amide bonds. The Morgan fingerprint density at radius 2 is 2.00 bits per heavy atom. The summed E-state index contributed by atoms with van der Waals surface area (Å²) in [6, 6.07) is 9.86. The van der Waals surface area contributed by atoms with Crippen LogP contribution in [0.4, 0.5) is 4.79 Å². The molecule has 0 radical (unpaired) electrons. The standard InChI is InChI=1S/C15H20N2O3/c18-14(16-11-13-5-2-1-3-6-13)17-8-4-7-15(12-17)19-9-10-20-15/h1-3,5-6H,4,7-12H2,(H,16,18). The number of amides is 2. The van der Waals surface area contributed by atoms with Gasteiger partial charge in [0.05, 0.1) is 19.8 Å². The van der Waals surface area contributed by atoms with E-state index in [4.69, 9.17) is 9.47 Å². The zero-order valence-corrected chi connectivity index (χ0v) is 11.5. The van der Waals surface area contributed by atoms with Gasteiger partial charge in [-0.05, 0) is 12.0 Å². The Labute approximate surface area is 118 Å². The Hall–Kier alpha value is -1.59. The molecule has 5 heteroatoms. The average molecular weight is 276 g/mol. The summed E-state index contributed by atoms with van der Waals surface area (Å²) in [5.74, 6) is -0.553. The highest BCUT2D eigenvalue weighted by atomic mass is 16.7. The highest BCUT2D eigenvalue weighted by molar-refractivity contribution is 5.74. The molecule has 0 bridgehead atoms. The Morgan fingerprint density at radius 1 is 1.25 bits per heavy atom. The van der Waals surface area contributed by atoms with Crippen LogP contribution in [0.3, 0.4) is 0 Å². The van der Waals surface area contributed by atoms with Gasteiger partial charge in [0.25, 0.3) is 0 Å². The van der Waals surface area contributed by atoms with Gasteiger partial charge in [-0.3, -0.25) is 0 Å². The minimum absolute atomic E-state index is 0.0490. The van der Waals surface area contributed by atoms with Crippen molar-refractivity contribution in [3.8, 4) is 0 Å². The number of nitrogens with zero attached hydrogens (tertiary/aromatic N) is 1. The highest BCUT2D eigenvalue weighted by Gasteiger charge is 2.42. The van der Waals surface area contributed by atoms with Crippen LogP contribution in [0.15, 0.2) is 30.3 Å². The van der Waals surface area contributed by atoms with Gasteiger partial charge in [0.2, 0.25) is 0 Å². The molecule has 0 unspecified atom stereocenters. The van der Waals surface area contributed by atoms with E-state index < -0.39 is 5.79 Å². The van der Waals surface area contributed by atoms with E-state index in [1.165, 1.54) is 0 Å². The molecule has 2 aliphatic heterocycles. The first-order chi connectivity index (χ1) is 9.77. The number of urea groups is 1. The summed E-state index contributed by atoms with van der Waals surface area (Å²) in [5, 5.41) is 2.95. The van der Waals surface area contributed by atoms with Crippen molar-refractivity contribution in [1.29, 1.82) is 0 Å². The van der Waals surface area contributed by atoms with Crippen molar-refractivity contribution in [2.24, 2.45) is 0 Å². The van der Waals surface area contributed by atoms with Gasteiger partial charge in [-0.2, -0.15) is 0 Å². The quantitative estimate of drug-likeness (QED) is 0.895. The fourth-order valence-electron chi connectivity index (χ4n) is 2.78. The van der Waals surface area contributed by atoms with Gasteiger partial charge in [-0.1, -0.05) is 30.3 Å².